The third kappa shape index (κ3) is 3.39. The van der Waals surface area contributed by atoms with Gasteiger partial charge in [-0.3, -0.25) is 9.59 Å². The van der Waals surface area contributed by atoms with Crippen molar-refractivity contribution >= 4 is 17.5 Å². The molecule has 1 aromatic heterocycles. The Morgan fingerprint density at radius 2 is 1.92 bits per heavy atom. The van der Waals surface area contributed by atoms with Crippen LogP contribution in [0.5, 0.6) is 0 Å². The molecule has 0 atom stereocenters. The molecule has 0 saturated heterocycles. The standard InChI is InChI=1S/C21H24N2O3/c1-13(2)20(24)22-17-7-5-14(6-8-17)19-11-16-12-23(10-9-18(16)26-19)21(25)15-3-4-15/h5-8,11,13,15H,3-4,9-10,12H2,1-2H3,(H,22,24). The molecule has 1 aliphatic carbocycles. The number of benzene rings is 1. The fourth-order valence-electron chi connectivity index (χ4n) is 3.26. The van der Waals surface area contributed by atoms with E-state index >= 15 is 0 Å². The second-order valence-electron chi connectivity index (χ2n) is 7.56. The molecular formula is C21H24N2O3. The number of carbonyl (C=O) groups excluding carboxylic acids is 2. The number of hydrogen-bond donors (Lipinski definition) is 1. The van der Waals surface area contributed by atoms with Crippen molar-refractivity contribution in [2.75, 3.05) is 11.9 Å². The van der Waals surface area contributed by atoms with Crippen LogP contribution in [0.4, 0.5) is 5.69 Å². The molecule has 1 aliphatic heterocycles. The zero-order valence-electron chi connectivity index (χ0n) is 15.2. The van der Waals surface area contributed by atoms with Gasteiger partial charge in [-0.1, -0.05) is 13.8 Å². The fraction of sp³-hybridized carbons (Fsp3) is 0.429. The van der Waals surface area contributed by atoms with E-state index in [0.717, 1.165) is 54.1 Å². The summed E-state index contributed by atoms with van der Waals surface area (Å²) in [6.45, 7) is 5.13. The van der Waals surface area contributed by atoms with Crippen LogP contribution in [-0.4, -0.2) is 23.3 Å². The fourth-order valence-corrected chi connectivity index (χ4v) is 3.26. The number of rotatable bonds is 4. The minimum absolute atomic E-state index is 0.00614. The van der Waals surface area contributed by atoms with Crippen molar-refractivity contribution in [3.05, 3.63) is 41.7 Å². The van der Waals surface area contributed by atoms with Crippen molar-refractivity contribution in [2.45, 2.75) is 39.7 Å². The Balaban J connectivity index is 1.47. The van der Waals surface area contributed by atoms with Gasteiger partial charge in [-0.2, -0.15) is 0 Å². The molecular weight excluding hydrogens is 328 g/mol. The number of fused-ring (bicyclic) bond motifs is 1. The molecule has 26 heavy (non-hydrogen) atoms. The number of furan rings is 1. The van der Waals surface area contributed by atoms with E-state index in [1.54, 1.807) is 0 Å². The zero-order chi connectivity index (χ0) is 18.3. The summed E-state index contributed by atoms with van der Waals surface area (Å²) < 4.78 is 6.03. The Labute approximate surface area is 153 Å². The van der Waals surface area contributed by atoms with Gasteiger partial charge in [-0.05, 0) is 43.2 Å². The SMILES string of the molecule is CC(C)C(=O)Nc1ccc(-c2cc3c(o2)CCN(C(=O)C2CC2)C3)cc1. The average Bonchev–Trinajstić information content (AvgIpc) is 3.40. The highest BCUT2D eigenvalue weighted by atomic mass is 16.3. The van der Waals surface area contributed by atoms with Gasteiger partial charge < -0.3 is 14.6 Å². The molecule has 5 nitrogen and oxygen atoms in total. The Hall–Kier alpha value is -2.56. The molecule has 2 aromatic rings. The first kappa shape index (κ1) is 16.9. The van der Waals surface area contributed by atoms with Crippen LogP contribution in [0, 0.1) is 11.8 Å². The van der Waals surface area contributed by atoms with Gasteiger partial charge in [0.1, 0.15) is 11.5 Å². The molecule has 1 N–H and O–H groups in total. The molecule has 136 valence electrons. The van der Waals surface area contributed by atoms with Crippen LogP contribution in [0.15, 0.2) is 34.7 Å². The van der Waals surface area contributed by atoms with Crippen LogP contribution in [0.3, 0.4) is 0 Å². The van der Waals surface area contributed by atoms with Gasteiger partial charge in [-0.25, -0.2) is 0 Å². The van der Waals surface area contributed by atoms with Crippen molar-refractivity contribution < 1.29 is 14.0 Å². The molecule has 1 fully saturated rings. The Bertz CT molecular complexity index is 831. The lowest BCUT2D eigenvalue weighted by Gasteiger charge is -2.26. The van der Waals surface area contributed by atoms with Gasteiger partial charge >= 0.3 is 0 Å². The molecule has 2 heterocycles. The highest BCUT2D eigenvalue weighted by Crippen LogP contribution is 2.35. The summed E-state index contributed by atoms with van der Waals surface area (Å²) in [5.74, 6) is 2.31. The summed E-state index contributed by atoms with van der Waals surface area (Å²) >= 11 is 0. The summed E-state index contributed by atoms with van der Waals surface area (Å²) in [5, 5.41) is 2.89. The van der Waals surface area contributed by atoms with Crippen molar-refractivity contribution in [3.8, 4) is 11.3 Å². The molecule has 2 amide bonds. The van der Waals surface area contributed by atoms with Crippen LogP contribution in [-0.2, 0) is 22.6 Å². The highest BCUT2D eigenvalue weighted by Gasteiger charge is 2.35. The van der Waals surface area contributed by atoms with E-state index in [4.69, 9.17) is 4.42 Å². The van der Waals surface area contributed by atoms with Gasteiger partial charge in [-0.15, -0.1) is 0 Å². The third-order valence-corrected chi connectivity index (χ3v) is 5.07. The quantitative estimate of drug-likeness (QED) is 0.909. The molecule has 0 radical (unpaired) electrons. The maximum Gasteiger partial charge on any atom is 0.226 e. The number of hydrogen-bond acceptors (Lipinski definition) is 3. The Morgan fingerprint density at radius 3 is 2.58 bits per heavy atom. The largest absolute Gasteiger partial charge is 0.461 e. The number of nitrogens with zero attached hydrogens (tertiary/aromatic N) is 1. The van der Waals surface area contributed by atoms with Gasteiger partial charge in [0.05, 0.1) is 0 Å². The molecule has 0 unspecified atom stereocenters. The molecule has 1 saturated carbocycles. The van der Waals surface area contributed by atoms with Crippen LogP contribution in [0.1, 0.15) is 38.0 Å². The number of nitrogens with one attached hydrogen (secondary N) is 1. The highest BCUT2D eigenvalue weighted by molar-refractivity contribution is 5.92. The average molecular weight is 352 g/mol. The summed E-state index contributed by atoms with van der Waals surface area (Å²) in [6.07, 6.45) is 2.85. The van der Waals surface area contributed by atoms with Crippen LogP contribution < -0.4 is 5.32 Å². The van der Waals surface area contributed by atoms with E-state index in [1.807, 2.05) is 49.1 Å². The predicted molar refractivity (Wildman–Crippen MR) is 99.5 cm³/mol. The normalized spacial score (nSPS) is 16.5. The lowest BCUT2D eigenvalue weighted by Crippen LogP contribution is -2.36. The lowest BCUT2D eigenvalue weighted by atomic mass is 10.1. The third-order valence-electron chi connectivity index (χ3n) is 5.07. The van der Waals surface area contributed by atoms with E-state index in [-0.39, 0.29) is 17.7 Å². The van der Waals surface area contributed by atoms with E-state index < -0.39 is 0 Å². The maximum absolute atomic E-state index is 12.3. The zero-order valence-corrected chi connectivity index (χ0v) is 15.2. The van der Waals surface area contributed by atoms with E-state index in [9.17, 15) is 9.59 Å². The molecule has 1 aromatic carbocycles. The van der Waals surface area contributed by atoms with E-state index in [0.29, 0.717) is 12.5 Å². The number of anilines is 1. The first-order valence-corrected chi connectivity index (χ1v) is 9.33. The molecule has 0 bridgehead atoms. The Kier molecular flexibility index (Phi) is 4.31. The molecule has 5 heteroatoms. The maximum atomic E-state index is 12.3. The van der Waals surface area contributed by atoms with E-state index in [1.165, 1.54) is 0 Å². The molecule has 2 aliphatic rings. The first-order valence-electron chi connectivity index (χ1n) is 9.33. The minimum atomic E-state index is -0.0484. The van der Waals surface area contributed by atoms with E-state index in [2.05, 4.69) is 5.32 Å². The topological polar surface area (TPSA) is 62.6 Å². The van der Waals surface area contributed by atoms with Gasteiger partial charge in [0.2, 0.25) is 11.8 Å². The van der Waals surface area contributed by atoms with Crippen molar-refractivity contribution in [1.82, 2.24) is 4.90 Å². The van der Waals surface area contributed by atoms with Gasteiger partial charge in [0.25, 0.3) is 0 Å². The summed E-state index contributed by atoms with van der Waals surface area (Å²) in [4.78, 5) is 26.0. The van der Waals surface area contributed by atoms with Crippen molar-refractivity contribution in [2.24, 2.45) is 11.8 Å². The lowest BCUT2D eigenvalue weighted by molar-refractivity contribution is -0.133. The van der Waals surface area contributed by atoms with Crippen molar-refractivity contribution in [3.63, 3.8) is 0 Å². The van der Waals surface area contributed by atoms with Crippen molar-refractivity contribution in [1.29, 1.82) is 0 Å². The smallest absolute Gasteiger partial charge is 0.226 e. The molecule has 0 spiro atoms. The van der Waals surface area contributed by atoms with Gasteiger partial charge in [0, 0.05) is 48.2 Å². The second kappa shape index (κ2) is 6.63. The summed E-state index contributed by atoms with van der Waals surface area (Å²) in [7, 11) is 0. The predicted octanol–water partition coefficient (Wildman–Crippen LogP) is 3.84. The second-order valence-corrected chi connectivity index (χ2v) is 7.56. The monoisotopic (exact) mass is 352 g/mol. The van der Waals surface area contributed by atoms with Crippen LogP contribution in [0.2, 0.25) is 0 Å². The van der Waals surface area contributed by atoms with Crippen LogP contribution >= 0.6 is 0 Å². The number of carbonyl (C=O) groups is 2. The Morgan fingerprint density at radius 1 is 1.19 bits per heavy atom. The molecule has 4 rings (SSSR count). The summed E-state index contributed by atoms with van der Waals surface area (Å²) in [6, 6.07) is 9.73. The minimum Gasteiger partial charge on any atom is -0.461 e. The summed E-state index contributed by atoms with van der Waals surface area (Å²) in [5.41, 5.74) is 2.87. The van der Waals surface area contributed by atoms with Gasteiger partial charge in [0.15, 0.2) is 0 Å². The first-order chi connectivity index (χ1) is 12.5. The van der Waals surface area contributed by atoms with Crippen LogP contribution in [0.25, 0.3) is 11.3 Å². The number of amides is 2.